The number of aromatic nitrogens is 1. The molecule has 0 amide bonds. The van der Waals surface area contributed by atoms with Gasteiger partial charge in [0.15, 0.2) is 15.4 Å². The average Bonchev–Trinajstić information content (AvgIpc) is 2.70. The molecule has 0 fully saturated rings. The second-order valence-corrected chi connectivity index (χ2v) is 7.26. The molecule has 2 aromatic rings. The Balaban J connectivity index is 2.19. The van der Waals surface area contributed by atoms with Crippen LogP contribution in [0.4, 0.5) is 5.69 Å². The lowest BCUT2D eigenvalue weighted by Gasteiger charge is -2.04. The van der Waals surface area contributed by atoms with E-state index in [1.165, 1.54) is 0 Å². The molecule has 0 aliphatic carbocycles. The molecule has 104 valence electrons. The lowest BCUT2D eigenvalue weighted by Crippen LogP contribution is -2.11. The number of nitrogen functional groups attached to an aromatic ring is 1. The fourth-order valence-corrected chi connectivity index (χ4v) is 3.23. The van der Waals surface area contributed by atoms with Crippen molar-refractivity contribution in [1.29, 1.82) is 0 Å². The van der Waals surface area contributed by atoms with Gasteiger partial charge >= 0.3 is 0 Å². The molecule has 2 rings (SSSR count). The summed E-state index contributed by atoms with van der Waals surface area (Å²) in [6.45, 7) is 3.99. The molecule has 1 aromatic carbocycles. The first-order chi connectivity index (χ1) is 8.87. The molecular formula is C13H18N2O3S. The minimum Gasteiger partial charge on any atom is -0.439 e. The molecule has 0 saturated carbocycles. The van der Waals surface area contributed by atoms with Gasteiger partial charge in [0.05, 0.1) is 11.4 Å². The van der Waals surface area contributed by atoms with Crippen molar-refractivity contribution in [2.45, 2.75) is 26.0 Å². The zero-order valence-corrected chi connectivity index (χ0v) is 11.9. The average molecular weight is 282 g/mol. The Kier molecular flexibility index (Phi) is 3.80. The third kappa shape index (κ3) is 3.47. The van der Waals surface area contributed by atoms with E-state index in [4.69, 9.17) is 10.2 Å². The zero-order valence-electron chi connectivity index (χ0n) is 11.1. The first kappa shape index (κ1) is 13.9. The van der Waals surface area contributed by atoms with Gasteiger partial charge in [0.2, 0.25) is 5.89 Å². The number of hydrogen-bond acceptors (Lipinski definition) is 5. The fraction of sp³-hybridized carbons (Fsp3) is 0.462. The standard InChI is InChI=1S/C13H18N2O3S/c1-9(2)6-7-19(16,17)8-12-15-13-10(14)4-3-5-11(13)18-12/h3-5,9H,6-8,14H2,1-2H3. The first-order valence-corrected chi connectivity index (χ1v) is 8.04. The van der Waals surface area contributed by atoms with Crippen LogP contribution in [0.15, 0.2) is 22.6 Å². The summed E-state index contributed by atoms with van der Waals surface area (Å²) in [5, 5.41) is 0. The largest absolute Gasteiger partial charge is 0.439 e. The molecule has 1 heterocycles. The van der Waals surface area contributed by atoms with E-state index < -0.39 is 9.84 Å². The van der Waals surface area contributed by atoms with E-state index in [1.807, 2.05) is 13.8 Å². The molecule has 2 N–H and O–H groups in total. The van der Waals surface area contributed by atoms with Crippen LogP contribution in [0.1, 0.15) is 26.2 Å². The number of nitrogens with zero attached hydrogens (tertiary/aromatic N) is 1. The van der Waals surface area contributed by atoms with Crippen molar-refractivity contribution in [2.75, 3.05) is 11.5 Å². The third-order valence-corrected chi connectivity index (χ3v) is 4.39. The highest BCUT2D eigenvalue weighted by Gasteiger charge is 2.17. The maximum absolute atomic E-state index is 11.9. The molecule has 19 heavy (non-hydrogen) atoms. The molecule has 0 radical (unpaired) electrons. The van der Waals surface area contributed by atoms with Crippen molar-refractivity contribution in [2.24, 2.45) is 5.92 Å². The van der Waals surface area contributed by atoms with E-state index in [2.05, 4.69) is 4.98 Å². The molecule has 6 heteroatoms. The Hall–Kier alpha value is -1.56. The number of hydrogen-bond donors (Lipinski definition) is 1. The minimum atomic E-state index is -3.19. The van der Waals surface area contributed by atoms with Gasteiger partial charge < -0.3 is 10.2 Å². The van der Waals surface area contributed by atoms with E-state index in [0.29, 0.717) is 29.1 Å². The van der Waals surface area contributed by atoms with Crippen molar-refractivity contribution in [1.82, 2.24) is 4.98 Å². The summed E-state index contributed by atoms with van der Waals surface area (Å²) in [5.74, 6) is 0.540. The minimum absolute atomic E-state index is 0.152. The van der Waals surface area contributed by atoms with Gasteiger partial charge in [-0.1, -0.05) is 19.9 Å². The number of anilines is 1. The van der Waals surface area contributed by atoms with Crippen molar-refractivity contribution >= 4 is 26.6 Å². The smallest absolute Gasteiger partial charge is 0.210 e. The molecule has 0 atom stereocenters. The number of sulfone groups is 1. The molecule has 0 unspecified atom stereocenters. The van der Waals surface area contributed by atoms with Crippen LogP contribution < -0.4 is 5.73 Å². The van der Waals surface area contributed by atoms with Crippen LogP contribution in [0.2, 0.25) is 0 Å². The van der Waals surface area contributed by atoms with Crippen molar-refractivity contribution in [3.63, 3.8) is 0 Å². The van der Waals surface area contributed by atoms with Gasteiger partial charge in [0.25, 0.3) is 0 Å². The summed E-state index contributed by atoms with van der Waals surface area (Å²) < 4.78 is 29.3. The molecule has 0 aliphatic heterocycles. The van der Waals surface area contributed by atoms with Crippen LogP contribution in [-0.2, 0) is 15.6 Å². The lowest BCUT2D eigenvalue weighted by molar-refractivity contribution is 0.535. The van der Waals surface area contributed by atoms with Crippen LogP contribution >= 0.6 is 0 Å². The Morgan fingerprint density at radius 1 is 1.37 bits per heavy atom. The molecule has 0 bridgehead atoms. The molecule has 1 aromatic heterocycles. The van der Waals surface area contributed by atoms with Gasteiger partial charge in [-0.3, -0.25) is 0 Å². The second kappa shape index (κ2) is 5.21. The molecule has 0 saturated heterocycles. The first-order valence-electron chi connectivity index (χ1n) is 6.22. The highest BCUT2D eigenvalue weighted by atomic mass is 32.2. The van der Waals surface area contributed by atoms with Crippen molar-refractivity contribution in [3.8, 4) is 0 Å². The normalized spacial score (nSPS) is 12.4. The van der Waals surface area contributed by atoms with E-state index >= 15 is 0 Å². The number of rotatable bonds is 5. The molecule has 0 spiro atoms. The van der Waals surface area contributed by atoms with Crippen LogP contribution in [-0.4, -0.2) is 19.2 Å². The quantitative estimate of drug-likeness (QED) is 0.851. The Morgan fingerprint density at radius 2 is 2.11 bits per heavy atom. The van der Waals surface area contributed by atoms with Crippen LogP contribution in [0.25, 0.3) is 11.1 Å². The monoisotopic (exact) mass is 282 g/mol. The third-order valence-electron chi connectivity index (χ3n) is 2.84. The predicted octanol–water partition coefficient (Wildman–Crippen LogP) is 2.37. The highest BCUT2D eigenvalue weighted by molar-refractivity contribution is 7.90. The van der Waals surface area contributed by atoms with Gasteiger partial charge in [-0.05, 0) is 24.5 Å². The fourth-order valence-electron chi connectivity index (χ4n) is 1.75. The van der Waals surface area contributed by atoms with Gasteiger partial charge in [0, 0.05) is 0 Å². The predicted molar refractivity (Wildman–Crippen MR) is 75.4 cm³/mol. The summed E-state index contributed by atoms with van der Waals surface area (Å²) in [4.78, 5) is 4.15. The number of para-hydroxylation sites is 1. The molecular weight excluding hydrogens is 264 g/mol. The summed E-state index contributed by atoms with van der Waals surface area (Å²) in [5.41, 5.74) is 7.30. The summed E-state index contributed by atoms with van der Waals surface area (Å²) in [6.07, 6.45) is 0.644. The van der Waals surface area contributed by atoms with Gasteiger partial charge in [-0.15, -0.1) is 0 Å². The van der Waals surface area contributed by atoms with Crippen LogP contribution in [0.5, 0.6) is 0 Å². The van der Waals surface area contributed by atoms with Gasteiger partial charge in [-0.25, -0.2) is 13.4 Å². The van der Waals surface area contributed by atoms with Crippen LogP contribution in [0, 0.1) is 5.92 Å². The van der Waals surface area contributed by atoms with Gasteiger partial charge in [0.1, 0.15) is 11.3 Å². The van der Waals surface area contributed by atoms with E-state index in [0.717, 1.165) is 0 Å². The summed E-state index contributed by atoms with van der Waals surface area (Å²) in [7, 11) is -3.19. The summed E-state index contributed by atoms with van der Waals surface area (Å²) in [6, 6.07) is 5.19. The van der Waals surface area contributed by atoms with Crippen molar-refractivity contribution < 1.29 is 12.8 Å². The topological polar surface area (TPSA) is 86.2 Å². The van der Waals surface area contributed by atoms with Gasteiger partial charge in [-0.2, -0.15) is 0 Å². The zero-order chi connectivity index (χ0) is 14.0. The van der Waals surface area contributed by atoms with E-state index in [1.54, 1.807) is 18.2 Å². The number of benzene rings is 1. The van der Waals surface area contributed by atoms with E-state index in [-0.39, 0.29) is 17.4 Å². The SMILES string of the molecule is CC(C)CCS(=O)(=O)Cc1nc2c(N)cccc2o1. The Labute approximate surface area is 112 Å². The number of fused-ring (bicyclic) bond motifs is 1. The van der Waals surface area contributed by atoms with E-state index in [9.17, 15) is 8.42 Å². The molecule has 0 aliphatic rings. The summed E-state index contributed by atoms with van der Waals surface area (Å²) >= 11 is 0. The molecule has 5 nitrogen and oxygen atoms in total. The highest BCUT2D eigenvalue weighted by Crippen LogP contribution is 2.22. The van der Waals surface area contributed by atoms with Crippen LogP contribution in [0.3, 0.4) is 0 Å². The maximum Gasteiger partial charge on any atom is 0.210 e. The number of nitrogens with two attached hydrogens (primary N) is 1. The Bertz CT molecular complexity index is 674. The van der Waals surface area contributed by atoms with Crippen molar-refractivity contribution in [3.05, 3.63) is 24.1 Å². The second-order valence-electron chi connectivity index (χ2n) is 5.08. The Morgan fingerprint density at radius 3 is 2.74 bits per heavy atom. The number of oxazole rings is 1. The maximum atomic E-state index is 11.9. The lowest BCUT2D eigenvalue weighted by atomic mass is 10.2.